The molecule has 0 radical (unpaired) electrons. The van der Waals surface area contributed by atoms with Crippen molar-refractivity contribution in [3.63, 3.8) is 0 Å². The second kappa shape index (κ2) is 10.5. The number of benzene rings is 2. The number of H-pyrrole nitrogens is 1. The number of amidine groups is 1. The molecule has 0 aliphatic carbocycles. The Kier molecular flexibility index (Phi) is 7.34. The van der Waals surface area contributed by atoms with Crippen molar-refractivity contribution in [2.24, 2.45) is 12.0 Å². The Hall–Kier alpha value is -4.13. The second-order valence-electron chi connectivity index (χ2n) is 7.87. The van der Waals surface area contributed by atoms with Gasteiger partial charge in [0.2, 0.25) is 0 Å². The number of halogens is 4. The van der Waals surface area contributed by atoms with Gasteiger partial charge in [-0.2, -0.15) is 23.4 Å². The maximum atomic E-state index is 14.3. The molecule has 2 aromatic carbocycles. The summed E-state index contributed by atoms with van der Waals surface area (Å²) in [5.41, 5.74) is -0.833. The molecule has 0 saturated carbocycles. The van der Waals surface area contributed by atoms with Crippen molar-refractivity contribution in [2.75, 3.05) is 6.26 Å². The van der Waals surface area contributed by atoms with Crippen molar-refractivity contribution in [3.8, 4) is 17.0 Å². The Morgan fingerprint density at radius 3 is 2.68 bits per heavy atom. The largest absolute Gasteiger partial charge is 0.508 e. The zero-order chi connectivity index (χ0) is 26.7. The lowest BCUT2D eigenvalue weighted by Gasteiger charge is -2.12. The zero-order valence-corrected chi connectivity index (χ0v) is 20.3. The van der Waals surface area contributed by atoms with Gasteiger partial charge in [-0.15, -0.1) is 11.8 Å². The van der Waals surface area contributed by atoms with Crippen molar-refractivity contribution in [1.82, 2.24) is 25.3 Å². The number of nitrogens with zero attached hydrogens (tertiary/aromatic N) is 4. The molecule has 0 spiro atoms. The zero-order valence-electron chi connectivity index (χ0n) is 19.5. The van der Waals surface area contributed by atoms with E-state index in [4.69, 9.17) is 0 Å². The van der Waals surface area contributed by atoms with Crippen molar-refractivity contribution in [2.45, 2.75) is 17.5 Å². The molecule has 0 aliphatic rings. The quantitative estimate of drug-likeness (QED) is 0.139. The van der Waals surface area contributed by atoms with Gasteiger partial charge in [-0.05, 0) is 30.0 Å². The van der Waals surface area contributed by atoms with Crippen LogP contribution in [0.4, 0.5) is 23.4 Å². The molecule has 37 heavy (non-hydrogen) atoms. The van der Waals surface area contributed by atoms with Gasteiger partial charge in [0.25, 0.3) is 5.91 Å². The summed E-state index contributed by atoms with van der Waals surface area (Å²) in [6.07, 6.45) is -1.92. The van der Waals surface area contributed by atoms with Gasteiger partial charge >= 0.3 is 6.18 Å². The number of aryl methyl sites for hydroxylation is 1. The Labute approximate surface area is 212 Å². The van der Waals surface area contributed by atoms with Gasteiger partial charge in [0.15, 0.2) is 11.5 Å². The maximum Gasteiger partial charge on any atom is 0.435 e. The number of phenolic OH excluding ortho intramolecular Hbond substituents is 1. The molecule has 3 N–H and O–H groups in total. The number of aromatic hydroxyl groups is 1. The topological polar surface area (TPSA) is 108 Å². The molecule has 13 heteroatoms. The first-order valence-corrected chi connectivity index (χ1v) is 11.9. The number of amides is 1. The van der Waals surface area contributed by atoms with E-state index in [1.54, 1.807) is 12.1 Å². The number of thioether (sulfide) groups is 1. The number of carbonyl (C=O) groups is 1. The van der Waals surface area contributed by atoms with Crippen LogP contribution >= 0.6 is 11.8 Å². The van der Waals surface area contributed by atoms with E-state index in [0.29, 0.717) is 0 Å². The monoisotopic (exact) mass is 532 g/mol. The minimum absolute atomic E-state index is 0.0210. The number of rotatable bonds is 6. The van der Waals surface area contributed by atoms with E-state index in [0.717, 1.165) is 27.4 Å². The summed E-state index contributed by atoms with van der Waals surface area (Å²) < 4.78 is 55.5. The number of carbonyl (C=O) groups excluding carboxylic acids is 1. The van der Waals surface area contributed by atoms with Gasteiger partial charge in [-0.25, -0.2) is 9.38 Å². The molecule has 0 unspecified atom stereocenters. The summed E-state index contributed by atoms with van der Waals surface area (Å²) in [5, 5.41) is 21.9. The van der Waals surface area contributed by atoms with Crippen LogP contribution in [0, 0.1) is 5.82 Å². The molecule has 4 rings (SSSR count). The summed E-state index contributed by atoms with van der Waals surface area (Å²) in [4.78, 5) is 18.1. The van der Waals surface area contributed by atoms with Crippen molar-refractivity contribution < 1.29 is 27.5 Å². The lowest BCUT2D eigenvalue weighted by Crippen LogP contribution is -2.33. The number of phenols is 1. The molecule has 0 aliphatic heterocycles. The summed E-state index contributed by atoms with van der Waals surface area (Å²) >= 11 is 1.46. The number of aromatic nitrogens is 4. The predicted octanol–water partition coefficient (Wildman–Crippen LogP) is 5.10. The van der Waals surface area contributed by atoms with Crippen molar-refractivity contribution in [3.05, 3.63) is 77.4 Å². The number of aromatic amines is 1. The van der Waals surface area contributed by atoms with Crippen molar-refractivity contribution in [1.29, 1.82) is 0 Å². The standard InChI is InChI=1S/C24H20F4N6O2S/c1-34-12-16(22(33-34)24(26,27)28)23(36)30-20(9-13-5-3-4-6-19(13)37-2)29-21-11-18(31-32-21)15-8-7-14(35)10-17(15)25/h3-8,10-12,35H,9H2,1-2H3,(H2,29,30,31,32,36). The minimum atomic E-state index is -4.83. The summed E-state index contributed by atoms with van der Waals surface area (Å²) in [6.45, 7) is 0. The highest BCUT2D eigenvalue weighted by atomic mass is 32.2. The van der Waals surface area contributed by atoms with Crippen LogP contribution in [-0.4, -0.2) is 43.1 Å². The SMILES string of the molecule is CSc1ccccc1CC(=Nc1cc(-c2ccc(O)cc2F)[nH]n1)NC(=O)c1cn(C)nc1C(F)(F)F. The Balaban J connectivity index is 1.70. The van der Waals surface area contributed by atoms with Gasteiger partial charge in [0.05, 0.1) is 11.3 Å². The summed E-state index contributed by atoms with van der Waals surface area (Å²) in [5.74, 6) is -1.90. The van der Waals surface area contributed by atoms with Gasteiger partial charge in [-0.3, -0.25) is 14.6 Å². The van der Waals surface area contributed by atoms with E-state index >= 15 is 0 Å². The number of nitrogens with one attached hydrogen (secondary N) is 2. The third kappa shape index (κ3) is 6.00. The molecule has 0 saturated heterocycles. The molecule has 0 bridgehead atoms. The fraction of sp³-hybridized carbons (Fsp3) is 0.167. The first-order valence-electron chi connectivity index (χ1n) is 10.7. The normalized spacial score (nSPS) is 12.1. The molecular formula is C24H20F4N6O2S. The molecule has 4 aromatic rings. The van der Waals surface area contributed by atoms with Crippen LogP contribution in [0.25, 0.3) is 11.3 Å². The fourth-order valence-corrected chi connectivity index (χ4v) is 4.19. The second-order valence-corrected chi connectivity index (χ2v) is 8.72. The van der Waals surface area contributed by atoms with Gasteiger partial charge < -0.3 is 10.4 Å². The van der Waals surface area contributed by atoms with Crippen LogP contribution in [0.15, 0.2) is 64.6 Å². The first-order chi connectivity index (χ1) is 17.5. The van der Waals surface area contributed by atoms with E-state index in [1.165, 1.54) is 37.0 Å². The summed E-state index contributed by atoms with van der Waals surface area (Å²) in [7, 11) is 1.28. The minimum Gasteiger partial charge on any atom is -0.508 e. The molecule has 0 fully saturated rings. The number of hydrogen-bond donors (Lipinski definition) is 3. The Morgan fingerprint density at radius 2 is 1.97 bits per heavy atom. The van der Waals surface area contributed by atoms with E-state index < -0.39 is 29.2 Å². The highest BCUT2D eigenvalue weighted by Gasteiger charge is 2.39. The van der Waals surface area contributed by atoms with E-state index in [1.807, 2.05) is 18.4 Å². The molecule has 2 heterocycles. The van der Waals surface area contributed by atoms with E-state index in [2.05, 4.69) is 25.6 Å². The number of aliphatic imine (C=N–C) groups is 1. The fourth-order valence-electron chi connectivity index (χ4n) is 3.57. The molecule has 8 nitrogen and oxygen atoms in total. The number of alkyl halides is 3. The highest BCUT2D eigenvalue weighted by Crippen LogP contribution is 2.31. The predicted molar refractivity (Wildman–Crippen MR) is 130 cm³/mol. The third-order valence-electron chi connectivity index (χ3n) is 5.21. The van der Waals surface area contributed by atoms with Gasteiger partial charge in [0, 0.05) is 42.3 Å². The molecule has 2 aromatic heterocycles. The molecular weight excluding hydrogens is 512 g/mol. The summed E-state index contributed by atoms with van der Waals surface area (Å²) in [6, 6.07) is 12.3. The maximum absolute atomic E-state index is 14.3. The highest BCUT2D eigenvalue weighted by molar-refractivity contribution is 7.98. The molecule has 192 valence electrons. The van der Waals surface area contributed by atoms with Crippen LogP contribution in [0.1, 0.15) is 21.6 Å². The lowest BCUT2D eigenvalue weighted by atomic mass is 10.1. The van der Waals surface area contributed by atoms with Gasteiger partial charge in [0.1, 0.15) is 17.4 Å². The average molecular weight is 533 g/mol. The van der Waals surface area contributed by atoms with E-state index in [9.17, 15) is 27.5 Å². The Bertz CT molecular complexity index is 1480. The lowest BCUT2D eigenvalue weighted by molar-refractivity contribution is -0.141. The number of hydrogen-bond acceptors (Lipinski definition) is 6. The smallest absolute Gasteiger partial charge is 0.435 e. The van der Waals surface area contributed by atoms with Crippen molar-refractivity contribution >= 4 is 29.3 Å². The molecule has 1 amide bonds. The van der Waals surface area contributed by atoms with Gasteiger partial charge in [-0.1, -0.05) is 18.2 Å². The first kappa shape index (κ1) is 25.9. The van der Waals surface area contributed by atoms with Crippen LogP contribution in [-0.2, 0) is 19.6 Å². The third-order valence-corrected chi connectivity index (χ3v) is 6.04. The average Bonchev–Trinajstić information content (AvgIpc) is 3.46. The van der Waals surface area contributed by atoms with Crippen LogP contribution in [0.2, 0.25) is 0 Å². The Morgan fingerprint density at radius 1 is 1.22 bits per heavy atom. The van der Waals surface area contributed by atoms with Crippen LogP contribution in [0.5, 0.6) is 5.75 Å². The van der Waals surface area contributed by atoms with Crippen LogP contribution < -0.4 is 5.32 Å². The molecule has 0 atom stereocenters. The van der Waals surface area contributed by atoms with E-state index in [-0.39, 0.29) is 35.1 Å². The van der Waals surface area contributed by atoms with Crippen LogP contribution in [0.3, 0.4) is 0 Å².